The highest BCUT2D eigenvalue weighted by molar-refractivity contribution is 7.92. The minimum Gasteiger partial charge on any atom is -0.495 e. The van der Waals surface area contributed by atoms with Gasteiger partial charge in [0.2, 0.25) is 10.0 Å². The summed E-state index contributed by atoms with van der Waals surface area (Å²) in [5.74, 6) is 0.196. The van der Waals surface area contributed by atoms with Crippen molar-refractivity contribution in [2.75, 3.05) is 13.7 Å². The van der Waals surface area contributed by atoms with Crippen LogP contribution in [-0.4, -0.2) is 30.5 Å². The molecule has 0 amide bonds. The van der Waals surface area contributed by atoms with Gasteiger partial charge in [-0.15, -0.1) is 11.3 Å². The van der Waals surface area contributed by atoms with E-state index in [4.69, 9.17) is 4.74 Å². The molecular weight excluding hydrogens is 430 g/mol. The van der Waals surface area contributed by atoms with Gasteiger partial charge >= 0.3 is 0 Å². The fourth-order valence-electron chi connectivity index (χ4n) is 2.87. The largest absolute Gasteiger partial charge is 0.495 e. The van der Waals surface area contributed by atoms with E-state index in [9.17, 15) is 16.8 Å². The maximum Gasteiger partial charge on any atom is 0.244 e. The van der Waals surface area contributed by atoms with Gasteiger partial charge in [0, 0.05) is 11.4 Å². The molecule has 0 aliphatic carbocycles. The molecule has 0 bridgehead atoms. The molecule has 0 radical (unpaired) electrons. The summed E-state index contributed by atoms with van der Waals surface area (Å²) < 4.78 is 59.9. The Balaban J connectivity index is 1.96. The van der Waals surface area contributed by atoms with Crippen molar-refractivity contribution in [3.63, 3.8) is 0 Å². The average molecular weight is 452 g/mol. The van der Waals surface area contributed by atoms with Gasteiger partial charge in [-0.05, 0) is 48.2 Å². The van der Waals surface area contributed by atoms with Crippen molar-refractivity contribution in [2.24, 2.45) is 0 Å². The number of hydrogen-bond donors (Lipinski definition) is 1. The second-order valence-corrected chi connectivity index (χ2v) is 11.2. The molecule has 0 saturated carbocycles. The van der Waals surface area contributed by atoms with Crippen LogP contribution in [0.15, 0.2) is 75.8 Å². The Morgan fingerprint density at radius 2 is 1.72 bits per heavy atom. The molecule has 6 nitrogen and oxygen atoms in total. The lowest BCUT2D eigenvalue weighted by atomic mass is 10.2. The Hall–Kier alpha value is -2.20. The zero-order valence-corrected chi connectivity index (χ0v) is 18.4. The molecular formula is C20H21NO5S3. The number of benzene rings is 2. The van der Waals surface area contributed by atoms with Crippen LogP contribution in [0.1, 0.15) is 15.7 Å². The number of sulfone groups is 1. The van der Waals surface area contributed by atoms with Gasteiger partial charge < -0.3 is 4.74 Å². The van der Waals surface area contributed by atoms with Gasteiger partial charge in [-0.2, -0.15) is 0 Å². The van der Waals surface area contributed by atoms with Crippen LogP contribution < -0.4 is 9.46 Å². The van der Waals surface area contributed by atoms with Crippen LogP contribution in [0, 0.1) is 6.92 Å². The lowest BCUT2D eigenvalue weighted by Crippen LogP contribution is -2.32. The van der Waals surface area contributed by atoms with E-state index in [0.29, 0.717) is 4.88 Å². The molecule has 0 saturated heterocycles. The fourth-order valence-corrected chi connectivity index (χ4v) is 7.08. The van der Waals surface area contributed by atoms with Crippen LogP contribution in [0.3, 0.4) is 0 Å². The molecule has 0 aliphatic heterocycles. The predicted octanol–water partition coefficient (Wildman–Crippen LogP) is 3.56. The van der Waals surface area contributed by atoms with Gasteiger partial charge in [-0.3, -0.25) is 0 Å². The van der Waals surface area contributed by atoms with E-state index >= 15 is 0 Å². The Morgan fingerprint density at radius 3 is 2.34 bits per heavy atom. The van der Waals surface area contributed by atoms with Gasteiger partial charge in [0.1, 0.15) is 15.9 Å². The third-order valence-electron chi connectivity index (χ3n) is 4.37. The van der Waals surface area contributed by atoms with Gasteiger partial charge in [-0.25, -0.2) is 21.6 Å². The van der Waals surface area contributed by atoms with E-state index in [-0.39, 0.29) is 22.1 Å². The average Bonchev–Trinajstić information content (AvgIpc) is 3.23. The maximum absolute atomic E-state index is 13.2. The summed E-state index contributed by atoms with van der Waals surface area (Å²) in [4.78, 5) is 0.681. The number of thiophene rings is 1. The SMILES string of the molecule is COc1ccc(C)cc1S(=O)(=O)NCC(c1cccs1)S(=O)(=O)c1ccccc1. The number of hydrogen-bond acceptors (Lipinski definition) is 6. The molecule has 29 heavy (non-hydrogen) atoms. The van der Waals surface area contributed by atoms with Crippen LogP contribution in [0.25, 0.3) is 0 Å². The summed E-state index contributed by atoms with van der Waals surface area (Å²) >= 11 is 1.27. The smallest absolute Gasteiger partial charge is 0.244 e. The van der Waals surface area contributed by atoms with Crippen molar-refractivity contribution in [2.45, 2.75) is 22.0 Å². The summed E-state index contributed by atoms with van der Waals surface area (Å²) in [7, 11) is -6.40. The zero-order chi connectivity index (χ0) is 21.1. The normalized spacial score (nSPS) is 13.2. The standard InChI is InChI=1S/C20H21NO5S3/c1-15-10-11-17(26-2)19(13-15)29(24,25)21-14-20(18-9-6-12-27-18)28(22,23)16-7-4-3-5-8-16/h3-13,20-21H,14H2,1-2H3. The number of nitrogens with one attached hydrogen (secondary N) is 1. The van der Waals surface area contributed by atoms with E-state index in [1.807, 2.05) is 0 Å². The molecule has 2 aromatic carbocycles. The lowest BCUT2D eigenvalue weighted by Gasteiger charge is -2.18. The van der Waals surface area contributed by atoms with Crippen molar-refractivity contribution in [1.82, 2.24) is 4.72 Å². The van der Waals surface area contributed by atoms with Crippen molar-refractivity contribution in [1.29, 1.82) is 0 Å². The molecule has 0 aliphatic rings. The lowest BCUT2D eigenvalue weighted by molar-refractivity contribution is 0.402. The number of rotatable bonds is 8. The molecule has 154 valence electrons. The van der Waals surface area contributed by atoms with Gasteiger partial charge in [0.25, 0.3) is 0 Å². The van der Waals surface area contributed by atoms with E-state index in [1.165, 1.54) is 36.6 Å². The topological polar surface area (TPSA) is 89.5 Å². The molecule has 0 spiro atoms. The van der Waals surface area contributed by atoms with Crippen LogP contribution in [-0.2, 0) is 19.9 Å². The van der Waals surface area contributed by atoms with Crippen LogP contribution >= 0.6 is 11.3 Å². The van der Waals surface area contributed by atoms with E-state index < -0.39 is 25.1 Å². The van der Waals surface area contributed by atoms with E-state index in [0.717, 1.165) is 5.56 Å². The zero-order valence-electron chi connectivity index (χ0n) is 15.9. The monoisotopic (exact) mass is 451 g/mol. The highest BCUT2D eigenvalue weighted by Crippen LogP contribution is 2.32. The molecule has 1 unspecified atom stereocenters. The molecule has 1 N–H and O–H groups in total. The first-order valence-electron chi connectivity index (χ1n) is 8.72. The molecule has 1 atom stereocenters. The first-order chi connectivity index (χ1) is 13.8. The first kappa shape index (κ1) is 21.5. The Labute approximate surface area is 175 Å². The predicted molar refractivity (Wildman–Crippen MR) is 114 cm³/mol. The van der Waals surface area contributed by atoms with E-state index in [1.54, 1.807) is 54.8 Å². The van der Waals surface area contributed by atoms with Crippen molar-refractivity contribution >= 4 is 31.2 Å². The summed E-state index contributed by atoms with van der Waals surface area (Å²) in [6.07, 6.45) is 0. The van der Waals surface area contributed by atoms with Gasteiger partial charge in [0.05, 0.1) is 12.0 Å². The number of sulfonamides is 1. The van der Waals surface area contributed by atoms with Crippen molar-refractivity contribution < 1.29 is 21.6 Å². The highest BCUT2D eigenvalue weighted by atomic mass is 32.2. The summed E-state index contributed by atoms with van der Waals surface area (Å²) in [5, 5.41) is 0.719. The highest BCUT2D eigenvalue weighted by Gasteiger charge is 2.32. The molecule has 1 heterocycles. The molecule has 0 fully saturated rings. The second-order valence-electron chi connectivity index (χ2n) is 6.37. The summed E-state index contributed by atoms with van der Waals surface area (Å²) in [6, 6.07) is 16.3. The minimum atomic E-state index is -3.99. The number of aryl methyl sites for hydroxylation is 1. The third kappa shape index (κ3) is 4.69. The quantitative estimate of drug-likeness (QED) is 0.566. The van der Waals surface area contributed by atoms with Gasteiger partial charge in [-0.1, -0.05) is 30.3 Å². The van der Waals surface area contributed by atoms with Crippen LogP contribution in [0.4, 0.5) is 0 Å². The summed E-state index contributed by atoms with van der Waals surface area (Å²) in [6.45, 7) is 1.48. The molecule has 3 rings (SSSR count). The molecule has 9 heteroatoms. The third-order valence-corrected chi connectivity index (χ3v) is 9.05. The van der Waals surface area contributed by atoms with E-state index in [2.05, 4.69) is 4.72 Å². The fraction of sp³-hybridized carbons (Fsp3) is 0.200. The maximum atomic E-state index is 13.2. The van der Waals surface area contributed by atoms with Crippen LogP contribution in [0.5, 0.6) is 5.75 Å². The Morgan fingerprint density at radius 1 is 1.00 bits per heavy atom. The molecule has 3 aromatic rings. The first-order valence-corrected chi connectivity index (χ1v) is 12.6. The summed E-state index contributed by atoms with van der Waals surface area (Å²) in [5.41, 5.74) is 0.748. The van der Waals surface area contributed by atoms with Crippen LogP contribution in [0.2, 0.25) is 0 Å². The van der Waals surface area contributed by atoms with Crippen molar-refractivity contribution in [3.8, 4) is 5.75 Å². The molecule has 1 aromatic heterocycles. The Bertz CT molecular complexity index is 1170. The Kier molecular flexibility index (Phi) is 6.42. The minimum absolute atomic E-state index is 0.0259. The van der Waals surface area contributed by atoms with Gasteiger partial charge in [0.15, 0.2) is 9.84 Å². The second kappa shape index (κ2) is 8.66. The van der Waals surface area contributed by atoms with Crippen molar-refractivity contribution in [3.05, 3.63) is 76.5 Å². The number of ether oxygens (including phenoxy) is 1. The number of methoxy groups -OCH3 is 1.